The Kier molecular flexibility index (Phi) is 8.05. The van der Waals surface area contributed by atoms with Gasteiger partial charge in [0.05, 0.1) is 16.6 Å². The summed E-state index contributed by atoms with van der Waals surface area (Å²) in [7, 11) is 0. The van der Waals surface area contributed by atoms with Gasteiger partial charge < -0.3 is 14.2 Å². The number of oxazole rings is 1. The molecule has 1 aliphatic rings. The third kappa shape index (κ3) is 6.39. The number of piperazine rings is 1. The van der Waals surface area contributed by atoms with E-state index in [9.17, 15) is 14.0 Å². The van der Waals surface area contributed by atoms with Gasteiger partial charge in [-0.15, -0.1) is 0 Å². The first-order valence-electron chi connectivity index (χ1n) is 11.2. The lowest BCUT2D eigenvalue weighted by Gasteiger charge is -2.33. The summed E-state index contributed by atoms with van der Waals surface area (Å²) in [5.41, 5.74) is 1.95. The minimum atomic E-state index is -0.307. The van der Waals surface area contributed by atoms with Gasteiger partial charge in [-0.1, -0.05) is 47.5 Å². The number of hydrogen-bond donors (Lipinski definition) is 0. The second kappa shape index (κ2) is 11.2. The predicted molar refractivity (Wildman–Crippen MR) is 130 cm³/mol. The first-order valence-corrected chi connectivity index (χ1v) is 11.9. The van der Waals surface area contributed by atoms with Crippen LogP contribution in [0.1, 0.15) is 34.4 Å². The zero-order valence-corrected chi connectivity index (χ0v) is 20.7. The molecule has 0 atom stereocenters. The van der Waals surface area contributed by atoms with E-state index in [-0.39, 0.29) is 23.3 Å². The van der Waals surface area contributed by atoms with Crippen molar-refractivity contribution in [1.29, 1.82) is 0 Å². The van der Waals surface area contributed by atoms with Gasteiger partial charge in [0.2, 0.25) is 11.8 Å². The minimum absolute atomic E-state index is 0.00174. The first kappa shape index (κ1) is 25.2. The van der Waals surface area contributed by atoms with Crippen molar-refractivity contribution in [3.05, 3.63) is 87.3 Å². The molecule has 184 valence electrons. The third-order valence-electron chi connectivity index (χ3n) is 5.89. The van der Waals surface area contributed by atoms with Crippen LogP contribution in [-0.2, 0) is 24.4 Å². The van der Waals surface area contributed by atoms with E-state index in [4.69, 9.17) is 27.6 Å². The Labute approximate surface area is 213 Å². The highest BCUT2D eigenvalue weighted by Gasteiger charge is 2.25. The van der Waals surface area contributed by atoms with E-state index in [0.717, 1.165) is 11.1 Å². The molecule has 1 saturated heterocycles. The summed E-state index contributed by atoms with van der Waals surface area (Å²) in [5, 5.41) is 0.922. The van der Waals surface area contributed by atoms with Crippen molar-refractivity contribution in [2.75, 3.05) is 26.2 Å². The molecule has 0 saturated carbocycles. The maximum absolute atomic E-state index is 13.4. The summed E-state index contributed by atoms with van der Waals surface area (Å²) in [6.45, 7) is 4.63. The Morgan fingerprint density at radius 2 is 1.69 bits per heavy atom. The monoisotopic (exact) mass is 518 g/mol. The molecule has 3 aromatic rings. The van der Waals surface area contributed by atoms with Gasteiger partial charge in [0.15, 0.2) is 5.69 Å². The molecular formula is C25H25Cl2FN4O3. The van der Waals surface area contributed by atoms with Crippen molar-refractivity contribution in [1.82, 2.24) is 19.7 Å². The molecule has 1 aromatic heterocycles. The Bertz CT molecular complexity index is 1190. The molecule has 0 spiro atoms. The number of nitrogens with zero attached hydrogens (tertiary/aromatic N) is 4. The molecule has 35 heavy (non-hydrogen) atoms. The largest absolute Gasteiger partial charge is 0.447 e. The van der Waals surface area contributed by atoms with E-state index in [1.54, 1.807) is 28.0 Å². The molecule has 4 rings (SSSR count). The van der Waals surface area contributed by atoms with Crippen molar-refractivity contribution >= 4 is 35.0 Å². The standard InChI is InChI=1S/C25H25Cl2FN4O3/c1-17(33)31-9-11-32(12-10-31)25(34)22-16-35-23(29-22)15-30(13-18-5-7-20(28)8-6-18)14-19-3-2-4-21(26)24(19)27/h2-8,16H,9-15H2,1H3. The van der Waals surface area contributed by atoms with E-state index in [2.05, 4.69) is 4.98 Å². The number of aromatic nitrogens is 1. The van der Waals surface area contributed by atoms with Crippen molar-refractivity contribution in [3.63, 3.8) is 0 Å². The van der Waals surface area contributed by atoms with Crippen molar-refractivity contribution in [2.45, 2.75) is 26.6 Å². The van der Waals surface area contributed by atoms with Crippen LogP contribution < -0.4 is 0 Å². The quantitative estimate of drug-likeness (QED) is 0.456. The molecule has 7 nitrogen and oxygen atoms in total. The summed E-state index contributed by atoms with van der Waals surface area (Å²) < 4.78 is 19.0. The Balaban J connectivity index is 1.47. The Morgan fingerprint density at radius 1 is 1.00 bits per heavy atom. The number of carbonyl (C=O) groups excluding carboxylic acids is 2. The average Bonchev–Trinajstić information content (AvgIpc) is 3.31. The lowest BCUT2D eigenvalue weighted by Crippen LogP contribution is -2.50. The fraction of sp³-hybridized carbons (Fsp3) is 0.320. The van der Waals surface area contributed by atoms with Gasteiger partial charge in [-0.2, -0.15) is 0 Å². The summed E-state index contributed by atoms with van der Waals surface area (Å²) in [4.78, 5) is 34.2. The molecule has 0 unspecified atom stereocenters. The van der Waals surface area contributed by atoms with E-state index < -0.39 is 0 Å². The van der Waals surface area contributed by atoms with Gasteiger partial charge in [0, 0.05) is 46.2 Å². The van der Waals surface area contributed by atoms with E-state index in [0.29, 0.717) is 61.7 Å². The number of halogens is 3. The van der Waals surface area contributed by atoms with Crippen molar-refractivity contribution < 1.29 is 18.4 Å². The summed E-state index contributed by atoms with van der Waals surface area (Å²) >= 11 is 12.6. The molecular weight excluding hydrogens is 494 g/mol. The molecule has 0 bridgehead atoms. The highest BCUT2D eigenvalue weighted by atomic mass is 35.5. The van der Waals surface area contributed by atoms with Crippen LogP contribution in [0.15, 0.2) is 53.1 Å². The van der Waals surface area contributed by atoms with Gasteiger partial charge in [-0.3, -0.25) is 14.5 Å². The zero-order valence-electron chi connectivity index (χ0n) is 19.2. The number of amides is 2. The number of rotatable bonds is 7. The molecule has 0 aliphatic carbocycles. The number of hydrogen-bond acceptors (Lipinski definition) is 5. The smallest absolute Gasteiger partial charge is 0.275 e. The fourth-order valence-corrected chi connectivity index (χ4v) is 4.37. The summed E-state index contributed by atoms with van der Waals surface area (Å²) in [6.07, 6.45) is 1.36. The Hall–Kier alpha value is -2.94. The topological polar surface area (TPSA) is 69.9 Å². The molecule has 2 aromatic carbocycles. The van der Waals surface area contributed by atoms with Crippen molar-refractivity contribution in [3.8, 4) is 0 Å². The van der Waals surface area contributed by atoms with Crippen molar-refractivity contribution in [2.24, 2.45) is 0 Å². The van der Waals surface area contributed by atoms with E-state index >= 15 is 0 Å². The minimum Gasteiger partial charge on any atom is -0.447 e. The number of benzene rings is 2. The van der Waals surface area contributed by atoms with Gasteiger partial charge in [-0.05, 0) is 29.3 Å². The molecule has 2 heterocycles. The van der Waals surface area contributed by atoms with Crippen LogP contribution in [0.3, 0.4) is 0 Å². The number of carbonyl (C=O) groups is 2. The Morgan fingerprint density at radius 3 is 2.37 bits per heavy atom. The molecule has 0 radical (unpaired) electrons. The van der Waals surface area contributed by atoms with Gasteiger partial charge in [0.25, 0.3) is 5.91 Å². The van der Waals surface area contributed by atoms with E-state index in [1.807, 2.05) is 17.0 Å². The SMILES string of the molecule is CC(=O)N1CCN(C(=O)c2coc(CN(Cc3ccc(F)cc3)Cc3cccc(Cl)c3Cl)n2)CC1. The summed E-state index contributed by atoms with van der Waals surface area (Å²) in [6, 6.07) is 11.7. The molecule has 1 fully saturated rings. The fourth-order valence-electron chi connectivity index (χ4n) is 3.99. The van der Waals surface area contributed by atoms with Crippen LogP contribution in [0.25, 0.3) is 0 Å². The first-order chi connectivity index (χ1) is 16.8. The van der Waals surface area contributed by atoms with E-state index in [1.165, 1.54) is 25.3 Å². The molecule has 1 aliphatic heterocycles. The highest BCUT2D eigenvalue weighted by molar-refractivity contribution is 6.42. The van der Waals surface area contributed by atoms with Gasteiger partial charge >= 0.3 is 0 Å². The highest BCUT2D eigenvalue weighted by Crippen LogP contribution is 2.27. The van der Waals surface area contributed by atoms with Crippen LogP contribution in [0.4, 0.5) is 4.39 Å². The lowest BCUT2D eigenvalue weighted by molar-refractivity contribution is -0.130. The maximum atomic E-state index is 13.4. The van der Waals surface area contributed by atoms with Crippen LogP contribution in [-0.4, -0.2) is 57.7 Å². The zero-order chi connectivity index (χ0) is 24.9. The summed E-state index contributed by atoms with van der Waals surface area (Å²) in [5.74, 6) is -0.165. The van der Waals surface area contributed by atoms with Crippen LogP contribution in [0.2, 0.25) is 10.0 Å². The third-order valence-corrected chi connectivity index (χ3v) is 6.74. The predicted octanol–water partition coefficient (Wildman–Crippen LogP) is 4.63. The molecule has 10 heteroatoms. The normalized spacial score (nSPS) is 14.0. The maximum Gasteiger partial charge on any atom is 0.275 e. The second-order valence-electron chi connectivity index (χ2n) is 8.41. The van der Waals surface area contributed by atoms with Gasteiger partial charge in [0.1, 0.15) is 12.1 Å². The average molecular weight is 519 g/mol. The van der Waals surface area contributed by atoms with Crippen LogP contribution in [0, 0.1) is 5.82 Å². The van der Waals surface area contributed by atoms with Gasteiger partial charge in [-0.25, -0.2) is 9.37 Å². The van der Waals surface area contributed by atoms with Crippen LogP contribution in [0.5, 0.6) is 0 Å². The van der Waals surface area contributed by atoms with Crippen LogP contribution >= 0.6 is 23.2 Å². The second-order valence-corrected chi connectivity index (χ2v) is 9.19. The lowest BCUT2D eigenvalue weighted by atomic mass is 10.1. The molecule has 2 amide bonds. The molecule has 0 N–H and O–H groups in total.